The highest BCUT2D eigenvalue weighted by atomic mass is 35.5. The molecule has 1 saturated heterocycles. The third kappa shape index (κ3) is 5.78. The van der Waals surface area contributed by atoms with Crippen molar-refractivity contribution in [1.82, 2.24) is 15.1 Å². The number of hydrogen-bond acceptors (Lipinski definition) is 6. The number of benzene rings is 2. The van der Waals surface area contributed by atoms with Crippen LogP contribution in [-0.4, -0.2) is 47.8 Å². The molecule has 0 aliphatic carbocycles. The molecule has 196 valence electrons. The van der Waals surface area contributed by atoms with Gasteiger partial charge in [0.05, 0.1) is 22.5 Å². The van der Waals surface area contributed by atoms with Gasteiger partial charge < -0.3 is 31.9 Å². The van der Waals surface area contributed by atoms with Crippen molar-refractivity contribution in [3.8, 4) is 0 Å². The van der Waals surface area contributed by atoms with Crippen molar-refractivity contribution in [1.29, 1.82) is 0 Å². The van der Waals surface area contributed by atoms with Crippen molar-refractivity contribution < 1.29 is 14.0 Å². The number of carbonyl (C=O) groups excluding carboxylic acids is 2. The van der Waals surface area contributed by atoms with Gasteiger partial charge in [-0.25, -0.2) is 4.39 Å². The summed E-state index contributed by atoms with van der Waals surface area (Å²) in [6, 6.07) is 8.87. The largest absolute Gasteiger partial charge is 0.394 e. The molecule has 4 rings (SSSR count). The zero-order valence-electron chi connectivity index (χ0n) is 20.4. The summed E-state index contributed by atoms with van der Waals surface area (Å²) in [6.45, 7) is 4.35. The van der Waals surface area contributed by atoms with Crippen LogP contribution < -0.4 is 22.1 Å². The molecule has 2 amide bonds. The van der Waals surface area contributed by atoms with Crippen LogP contribution in [0.4, 0.5) is 10.1 Å². The van der Waals surface area contributed by atoms with E-state index in [2.05, 4.69) is 10.6 Å². The number of amides is 2. The molecule has 2 aromatic rings. The van der Waals surface area contributed by atoms with Crippen molar-refractivity contribution in [2.24, 2.45) is 11.5 Å². The molecule has 0 spiro atoms. The van der Waals surface area contributed by atoms with E-state index in [-0.39, 0.29) is 16.6 Å². The Bertz CT molecular complexity index is 1260. The summed E-state index contributed by atoms with van der Waals surface area (Å²) in [7, 11) is 0. The van der Waals surface area contributed by atoms with Crippen LogP contribution in [0, 0.1) is 5.82 Å². The van der Waals surface area contributed by atoms with Gasteiger partial charge in [0.1, 0.15) is 11.6 Å². The first kappa shape index (κ1) is 26.6. The first-order chi connectivity index (χ1) is 17.7. The summed E-state index contributed by atoms with van der Waals surface area (Å²) in [6.07, 6.45) is 3.49. The maximum absolute atomic E-state index is 14.2. The fourth-order valence-corrected chi connectivity index (χ4v) is 5.22. The lowest BCUT2D eigenvalue weighted by Crippen LogP contribution is -2.43. The Kier molecular flexibility index (Phi) is 8.14. The third-order valence-corrected chi connectivity index (χ3v) is 7.27. The number of anilines is 1. The van der Waals surface area contributed by atoms with Gasteiger partial charge in [-0.2, -0.15) is 0 Å². The lowest BCUT2D eigenvalue weighted by molar-refractivity contribution is -0.112. The third-order valence-electron chi connectivity index (χ3n) is 6.56. The summed E-state index contributed by atoms with van der Waals surface area (Å²) in [4.78, 5) is 29.1. The van der Waals surface area contributed by atoms with Gasteiger partial charge in [0.2, 0.25) is 0 Å². The van der Waals surface area contributed by atoms with Gasteiger partial charge in [0.15, 0.2) is 0 Å². The molecule has 6 N–H and O–H groups in total. The average Bonchev–Trinajstić information content (AvgIpc) is 3.42. The quantitative estimate of drug-likeness (QED) is 0.322. The van der Waals surface area contributed by atoms with E-state index in [1.54, 1.807) is 24.3 Å². The van der Waals surface area contributed by atoms with Gasteiger partial charge in [-0.3, -0.25) is 9.59 Å². The smallest absolute Gasteiger partial charge is 0.271 e. The lowest BCUT2D eigenvalue weighted by Gasteiger charge is -2.37. The van der Waals surface area contributed by atoms with Crippen molar-refractivity contribution in [2.75, 3.05) is 31.5 Å². The minimum Gasteiger partial charge on any atom is -0.394 e. The first-order valence-electron chi connectivity index (χ1n) is 12.0. The zero-order chi connectivity index (χ0) is 26.7. The Balaban J connectivity index is 1.51. The molecule has 0 bridgehead atoms. The normalized spacial score (nSPS) is 17.0. The van der Waals surface area contributed by atoms with Crippen LogP contribution >= 0.6 is 23.2 Å². The van der Waals surface area contributed by atoms with E-state index in [1.807, 2.05) is 16.7 Å². The monoisotopic (exact) mass is 546 g/mol. The fourth-order valence-electron chi connectivity index (χ4n) is 4.54. The maximum atomic E-state index is 14.2. The number of nitrogens with two attached hydrogens (primary N) is 2. The lowest BCUT2D eigenvalue weighted by atomic mass is 10.0. The summed E-state index contributed by atoms with van der Waals surface area (Å²) in [5.74, 6) is -0.833. The molecule has 2 heterocycles. The van der Waals surface area contributed by atoms with Crippen molar-refractivity contribution in [2.45, 2.75) is 25.8 Å². The van der Waals surface area contributed by atoms with E-state index < -0.39 is 17.8 Å². The number of halogens is 3. The number of likely N-dealkylation sites (tertiary alicyclic amines) is 1. The summed E-state index contributed by atoms with van der Waals surface area (Å²) >= 11 is 12.6. The molecule has 2 aliphatic rings. The molecule has 1 unspecified atom stereocenters. The molecule has 0 radical (unpaired) electrons. The van der Waals surface area contributed by atoms with E-state index >= 15 is 0 Å². The predicted molar refractivity (Wildman–Crippen MR) is 143 cm³/mol. The van der Waals surface area contributed by atoms with Crippen molar-refractivity contribution in [3.05, 3.63) is 86.7 Å². The number of carbonyl (C=O) groups is 2. The minimum absolute atomic E-state index is 0.0188. The molecule has 2 aromatic carbocycles. The molecule has 8 nitrogen and oxygen atoms in total. The van der Waals surface area contributed by atoms with Crippen LogP contribution in [0.5, 0.6) is 0 Å². The molecule has 0 saturated carbocycles. The van der Waals surface area contributed by atoms with E-state index in [4.69, 9.17) is 34.7 Å². The Morgan fingerprint density at radius 2 is 1.78 bits per heavy atom. The molecular formula is C26H29Cl2FN6O2. The van der Waals surface area contributed by atoms with Crippen LogP contribution in [0.15, 0.2) is 59.7 Å². The van der Waals surface area contributed by atoms with Gasteiger partial charge in [0.25, 0.3) is 11.8 Å². The summed E-state index contributed by atoms with van der Waals surface area (Å²) in [5.41, 5.74) is 14.2. The van der Waals surface area contributed by atoms with E-state index in [1.165, 1.54) is 18.2 Å². The van der Waals surface area contributed by atoms with Gasteiger partial charge in [-0.05, 0) is 62.2 Å². The molecular weight excluding hydrogens is 518 g/mol. The molecule has 2 aliphatic heterocycles. The Morgan fingerprint density at radius 3 is 2.46 bits per heavy atom. The fraction of sp³-hybridized carbons (Fsp3) is 0.308. The highest BCUT2D eigenvalue weighted by molar-refractivity contribution is 6.36. The van der Waals surface area contributed by atoms with Gasteiger partial charge in [0, 0.05) is 48.0 Å². The van der Waals surface area contributed by atoms with Gasteiger partial charge >= 0.3 is 0 Å². The van der Waals surface area contributed by atoms with Crippen molar-refractivity contribution in [3.63, 3.8) is 0 Å². The van der Waals surface area contributed by atoms with Crippen LogP contribution in [0.2, 0.25) is 10.0 Å². The van der Waals surface area contributed by atoms with Gasteiger partial charge in [-0.15, -0.1) is 0 Å². The summed E-state index contributed by atoms with van der Waals surface area (Å²) < 4.78 is 14.2. The second-order valence-corrected chi connectivity index (χ2v) is 9.77. The van der Waals surface area contributed by atoms with Gasteiger partial charge in [-0.1, -0.05) is 23.2 Å². The number of nitrogens with one attached hydrogen (secondary N) is 2. The first-order valence-corrected chi connectivity index (χ1v) is 12.7. The minimum atomic E-state index is -0.580. The van der Waals surface area contributed by atoms with Crippen LogP contribution in [0.3, 0.4) is 0 Å². The van der Waals surface area contributed by atoms with E-state index in [0.717, 1.165) is 25.9 Å². The molecule has 0 aromatic heterocycles. The Morgan fingerprint density at radius 1 is 1.11 bits per heavy atom. The molecule has 1 atom stereocenters. The van der Waals surface area contributed by atoms with E-state index in [0.29, 0.717) is 46.4 Å². The second kappa shape index (κ2) is 11.3. The number of rotatable bonds is 6. The second-order valence-electron chi connectivity index (χ2n) is 8.98. The topological polar surface area (TPSA) is 117 Å². The highest BCUT2D eigenvalue weighted by Gasteiger charge is 2.28. The molecule has 1 fully saturated rings. The number of hydrogen-bond donors (Lipinski definition) is 4. The Hall–Kier alpha value is -3.43. The highest BCUT2D eigenvalue weighted by Crippen LogP contribution is 2.37. The molecule has 11 heteroatoms. The Labute approximate surface area is 225 Å². The van der Waals surface area contributed by atoms with Crippen LogP contribution in [0.1, 0.15) is 41.7 Å². The summed E-state index contributed by atoms with van der Waals surface area (Å²) in [5, 5.41) is 6.03. The molecule has 37 heavy (non-hydrogen) atoms. The SMILES string of the molecule is CC(c1c(Cl)ccc(F)c1Cl)N1CCNC(N)=C1/C=C(\N)C(=O)Nc1ccc(C(=O)N2CCCC2)cc1. The maximum Gasteiger partial charge on any atom is 0.271 e. The number of allylic oxidation sites excluding steroid dienone is 1. The zero-order valence-corrected chi connectivity index (χ0v) is 21.9. The standard InChI is InChI=1S/C26H29Cl2FN6O2/c1-15(22-18(27)8-9-19(29)23(22)28)35-13-10-32-24(31)21(35)14-20(30)25(36)33-17-6-4-16(5-7-17)26(37)34-11-2-3-12-34/h4-9,14-15,32H,2-3,10-13,30-31H2,1H3,(H,33,36)/b20-14-. The number of nitrogens with zero attached hydrogens (tertiary/aromatic N) is 2. The van der Waals surface area contributed by atoms with E-state index in [9.17, 15) is 14.0 Å². The average molecular weight is 547 g/mol. The predicted octanol–water partition coefficient (Wildman–Crippen LogP) is 3.94. The van der Waals surface area contributed by atoms with Crippen LogP contribution in [0.25, 0.3) is 0 Å². The van der Waals surface area contributed by atoms with Crippen molar-refractivity contribution >= 4 is 40.7 Å². The van der Waals surface area contributed by atoms with Crippen LogP contribution in [-0.2, 0) is 4.79 Å².